The van der Waals surface area contributed by atoms with Gasteiger partial charge in [0.1, 0.15) is 0 Å². The number of ether oxygens (including phenoxy) is 2. The Balaban J connectivity index is 2.39. The van der Waals surface area contributed by atoms with E-state index in [1.807, 2.05) is 12.1 Å². The molecule has 0 aliphatic carbocycles. The molecule has 2 rings (SSSR count). The second-order valence-corrected chi connectivity index (χ2v) is 8.76. The SMILES string of the molecule is COc1ccc(N(C)S(=O)(=O)c2ccc(C(C)(C)C)cc2)cc1OC. The van der Waals surface area contributed by atoms with Crippen LogP contribution in [-0.4, -0.2) is 29.7 Å². The van der Waals surface area contributed by atoms with E-state index in [0.717, 1.165) is 5.56 Å². The second kappa shape index (κ2) is 6.96. The predicted molar refractivity (Wildman–Crippen MR) is 100 cm³/mol. The van der Waals surface area contributed by atoms with Crippen LogP contribution >= 0.6 is 0 Å². The highest BCUT2D eigenvalue weighted by molar-refractivity contribution is 7.92. The topological polar surface area (TPSA) is 55.8 Å². The van der Waals surface area contributed by atoms with Gasteiger partial charge in [-0.05, 0) is 35.2 Å². The smallest absolute Gasteiger partial charge is 0.264 e. The molecule has 0 saturated heterocycles. The Morgan fingerprint density at radius 2 is 1.44 bits per heavy atom. The third kappa shape index (κ3) is 3.90. The number of nitrogens with zero attached hydrogens (tertiary/aromatic N) is 1. The van der Waals surface area contributed by atoms with Crippen molar-refractivity contribution in [2.45, 2.75) is 31.1 Å². The lowest BCUT2D eigenvalue weighted by molar-refractivity contribution is 0.355. The average Bonchev–Trinajstić information content (AvgIpc) is 2.59. The monoisotopic (exact) mass is 363 g/mol. The van der Waals surface area contributed by atoms with Crippen LogP contribution in [0.15, 0.2) is 47.4 Å². The highest BCUT2D eigenvalue weighted by atomic mass is 32.2. The maximum atomic E-state index is 12.9. The Hall–Kier alpha value is -2.21. The first-order chi connectivity index (χ1) is 11.6. The predicted octanol–water partition coefficient (Wildman–Crippen LogP) is 3.83. The fraction of sp³-hybridized carbons (Fsp3) is 0.368. The van der Waals surface area contributed by atoms with Crippen molar-refractivity contribution >= 4 is 15.7 Å². The van der Waals surface area contributed by atoms with Crippen LogP contribution in [0.4, 0.5) is 5.69 Å². The first kappa shape index (κ1) is 19.1. The highest BCUT2D eigenvalue weighted by Crippen LogP contribution is 2.33. The number of sulfonamides is 1. The fourth-order valence-electron chi connectivity index (χ4n) is 2.44. The molecule has 0 heterocycles. The van der Waals surface area contributed by atoms with Crippen molar-refractivity contribution < 1.29 is 17.9 Å². The Morgan fingerprint density at radius 1 is 0.880 bits per heavy atom. The Bertz CT molecular complexity index is 837. The van der Waals surface area contributed by atoms with Gasteiger partial charge >= 0.3 is 0 Å². The molecule has 0 radical (unpaired) electrons. The summed E-state index contributed by atoms with van der Waals surface area (Å²) in [6.07, 6.45) is 0. The molecule has 0 amide bonds. The number of benzene rings is 2. The summed E-state index contributed by atoms with van der Waals surface area (Å²) in [5.41, 5.74) is 1.55. The minimum atomic E-state index is -3.66. The zero-order valence-electron chi connectivity index (χ0n) is 15.5. The van der Waals surface area contributed by atoms with E-state index < -0.39 is 10.0 Å². The lowest BCUT2D eigenvalue weighted by Gasteiger charge is -2.22. The van der Waals surface area contributed by atoms with Crippen molar-refractivity contribution in [3.8, 4) is 11.5 Å². The summed E-state index contributed by atoms with van der Waals surface area (Å²) in [7, 11) is 0.912. The summed E-state index contributed by atoms with van der Waals surface area (Å²) in [5, 5.41) is 0. The van der Waals surface area contributed by atoms with Crippen molar-refractivity contribution in [2.75, 3.05) is 25.6 Å². The van der Waals surface area contributed by atoms with E-state index in [-0.39, 0.29) is 10.3 Å². The van der Waals surface area contributed by atoms with Gasteiger partial charge in [0.05, 0.1) is 24.8 Å². The molecule has 136 valence electrons. The summed E-state index contributed by atoms with van der Waals surface area (Å²) in [6.45, 7) is 6.27. The zero-order chi connectivity index (χ0) is 18.8. The summed E-state index contributed by atoms with van der Waals surface area (Å²) in [4.78, 5) is 0.248. The molecule has 5 nitrogen and oxygen atoms in total. The Morgan fingerprint density at radius 3 is 1.92 bits per heavy atom. The first-order valence-corrected chi connectivity index (χ1v) is 9.37. The molecule has 6 heteroatoms. The summed E-state index contributed by atoms with van der Waals surface area (Å²) in [5.74, 6) is 1.02. The van der Waals surface area contributed by atoms with Crippen LogP contribution in [0.1, 0.15) is 26.3 Å². The van der Waals surface area contributed by atoms with Crippen molar-refractivity contribution in [3.05, 3.63) is 48.0 Å². The van der Waals surface area contributed by atoms with Crippen molar-refractivity contribution in [1.82, 2.24) is 0 Å². The van der Waals surface area contributed by atoms with Gasteiger partial charge in [0.25, 0.3) is 10.0 Å². The molecule has 0 unspecified atom stereocenters. The number of hydrogen-bond acceptors (Lipinski definition) is 4. The maximum Gasteiger partial charge on any atom is 0.264 e. The molecule has 0 fully saturated rings. The first-order valence-electron chi connectivity index (χ1n) is 7.92. The molecule has 0 aliphatic rings. The van der Waals surface area contributed by atoms with Gasteiger partial charge in [0.15, 0.2) is 11.5 Å². The number of rotatable bonds is 5. The Kier molecular flexibility index (Phi) is 5.32. The maximum absolute atomic E-state index is 12.9. The van der Waals surface area contributed by atoms with Gasteiger partial charge in [0, 0.05) is 13.1 Å². The standard InChI is InChI=1S/C19H25NO4S/c1-19(2,3)14-7-10-16(11-8-14)25(21,22)20(4)15-9-12-17(23-5)18(13-15)24-6/h7-13H,1-6H3. The van der Waals surface area contributed by atoms with Crippen LogP contribution in [0.25, 0.3) is 0 Å². The summed E-state index contributed by atoms with van der Waals surface area (Å²) in [6, 6.07) is 12.0. The molecule has 0 N–H and O–H groups in total. The van der Waals surface area contributed by atoms with E-state index in [0.29, 0.717) is 17.2 Å². The van der Waals surface area contributed by atoms with Gasteiger partial charge in [-0.2, -0.15) is 0 Å². The van der Waals surface area contributed by atoms with Gasteiger partial charge in [-0.3, -0.25) is 4.31 Å². The third-order valence-electron chi connectivity index (χ3n) is 4.11. The summed E-state index contributed by atoms with van der Waals surface area (Å²) < 4.78 is 37.5. The van der Waals surface area contributed by atoms with Crippen LogP contribution in [0.3, 0.4) is 0 Å². The molecular weight excluding hydrogens is 338 g/mol. The van der Waals surface area contributed by atoms with Gasteiger partial charge in [-0.25, -0.2) is 8.42 Å². The number of anilines is 1. The van der Waals surface area contributed by atoms with Gasteiger partial charge in [-0.1, -0.05) is 32.9 Å². The van der Waals surface area contributed by atoms with E-state index in [4.69, 9.17) is 9.47 Å². The van der Waals surface area contributed by atoms with Crippen LogP contribution in [0.2, 0.25) is 0 Å². The lowest BCUT2D eigenvalue weighted by Crippen LogP contribution is -2.26. The molecule has 0 spiro atoms. The molecule has 0 aromatic heterocycles. The largest absolute Gasteiger partial charge is 0.493 e. The molecule has 0 aliphatic heterocycles. The molecular formula is C19H25NO4S. The molecule has 2 aromatic rings. The van der Waals surface area contributed by atoms with Gasteiger partial charge < -0.3 is 9.47 Å². The molecule has 0 atom stereocenters. The quantitative estimate of drug-likeness (QED) is 0.810. The van der Waals surface area contributed by atoms with E-state index in [9.17, 15) is 8.42 Å². The van der Waals surface area contributed by atoms with E-state index in [1.165, 1.54) is 25.6 Å². The average molecular weight is 363 g/mol. The highest BCUT2D eigenvalue weighted by Gasteiger charge is 2.23. The zero-order valence-corrected chi connectivity index (χ0v) is 16.3. The van der Waals surface area contributed by atoms with Crippen molar-refractivity contribution in [1.29, 1.82) is 0 Å². The molecule has 0 bridgehead atoms. The number of hydrogen-bond donors (Lipinski definition) is 0. The van der Waals surface area contributed by atoms with Crippen LogP contribution in [0.5, 0.6) is 11.5 Å². The van der Waals surface area contributed by atoms with Crippen molar-refractivity contribution in [2.24, 2.45) is 0 Å². The van der Waals surface area contributed by atoms with Crippen LogP contribution in [0, 0.1) is 0 Å². The second-order valence-electron chi connectivity index (χ2n) is 6.79. The lowest BCUT2D eigenvalue weighted by atomic mass is 9.87. The summed E-state index contributed by atoms with van der Waals surface area (Å²) >= 11 is 0. The van der Waals surface area contributed by atoms with E-state index >= 15 is 0 Å². The van der Waals surface area contributed by atoms with Crippen molar-refractivity contribution in [3.63, 3.8) is 0 Å². The number of methoxy groups -OCH3 is 2. The minimum Gasteiger partial charge on any atom is -0.493 e. The fourth-order valence-corrected chi connectivity index (χ4v) is 3.63. The van der Waals surface area contributed by atoms with Crippen LogP contribution < -0.4 is 13.8 Å². The molecule has 25 heavy (non-hydrogen) atoms. The third-order valence-corrected chi connectivity index (χ3v) is 5.91. The Labute approximate surface area is 150 Å². The minimum absolute atomic E-state index is 0.0302. The normalized spacial score (nSPS) is 11.9. The van der Waals surface area contributed by atoms with Gasteiger partial charge in [-0.15, -0.1) is 0 Å². The van der Waals surface area contributed by atoms with Crippen LogP contribution in [-0.2, 0) is 15.4 Å². The van der Waals surface area contributed by atoms with Gasteiger partial charge in [0.2, 0.25) is 0 Å². The molecule has 2 aromatic carbocycles. The van der Waals surface area contributed by atoms with E-state index in [1.54, 1.807) is 30.3 Å². The van der Waals surface area contributed by atoms with E-state index in [2.05, 4.69) is 20.8 Å². The molecule has 0 saturated carbocycles.